The molecule has 0 fully saturated rings. The highest BCUT2D eigenvalue weighted by molar-refractivity contribution is 5.89. The minimum absolute atomic E-state index is 0.123. The van der Waals surface area contributed by atoms with Crippen LogP contribution in [0, 0.1) is 0 Å². The second-order valence-electron chi connectivity index (χ2n) is 6.97. The van der Waals surface area contributed by atoms with Crippen LogP contribution in [0.2, 0.25) is 0 Å². The van der Waals surface area contributed by atoms with Gasteiger partial charge in [-0.3, -0.25) is 9.59 Å². The van der Waals surface area contributed by atoms with Crippen LogP contribution >= 0.6 is 0 Å². The predicted molar refractivity (Wildman–Crippen MR) is 105 cm³/mol. The van der Waals surface area contributed by atoms with Crippen molar-refractivity contribution in [2.75, 3.05) is 7.11 Å². The number of methoxy groups -OCH3 is 1. The summed E-state index contributed by atoms with van der Waals surface area (Å²) in [5.74, 6) is -1.82. The molecule has 1 aliphatic carbocycles. The number of rotatable bonds is 6. The average molecular weight is 380 g/mol. The maximum atomic E-state index is 12.8. The van der Waals surface area contributed by atoms with Crippen LogP contribution in [0.25, 0.3) is 0 Å². The molecule has 0 saturated heterocycles. The van der Waals surface area contributed by atoms with Crippen molar-refractivity contribution in [3.63, 3.8) is 0 Å². The fourth-order valence-electron chi connectivity index (χ4n) is 3.84. The first-order valence-electron chi connectivity index (χ1n) is 9.30. The SMILES string of the molecule is COC(=O)[C@H](CC(N)=O)NC(=O)CC1c2ccccc2CCc2ccccc21. The van der Waals surface area contributed by atoms with Crippen molar-refractivity contribution in [3.8, 4) is 0 Å². The lowest BCUT2D eigenvalue weighted by molar-refractivity contribution is -0.146. The number of nitrogens with two attached hydrogens (primary N) is 1. The van der Waals surface area contributed by atoms with Gasteiger partial charge in [0, 0.05) is 12.3 Å². The van der Waals surface area contributed by atoms with E-state index in [1.165, 1.54) is 18.2 Å². The Morgan fingerprint density at radius 2 is 1.57 bits per heavy atom. The van der Waals surface area contributed by atoms with E-state index in [-0.39, 0.29) is 24.7 Å². The van der Waals surface area contributed by atoms with Crippen LogP contribution < -0.4 is 11.1 Å². The molecule has 0 heterocycles. The van der Waals surface area contributed by atoms with Crippen LogP contribution in [0.3, 0.4) is 0 Å². The summed E-state index contributed by atoms with van der Waals surface area (Å²) in [4.78, 5) is 35.9. The standard InChI is InChI=1S/C22H24N2O4/c1-28-22(27)19(13-20(23)25)24-21(26)12-18-16-8-4-2-6-14(16)10-11-15-7-3-5-9-17(15)18/h2-9,18-19H,10-13H2,1H3,(H2,23,25)(H,24,26)/t19-/m0/s1. The van der Waals surface area contributed by atoms with Crippen molar-refractivity contribution >= 4 is 17.8 Å². The lowest BCUT2D eigenvalue weighted by Gasteiger charge is -2.21. The molecule has 0 aromatic heterocycles. The van der Waals surface area contributed by atoms with Crippen LogP contribution in [0.15, 0.2) is 48.5 Å². The molecule has 0 unspecified atom stereocenters. The zero-order valence-corrected chi connectivity index (χ0v) is 15.8. The van der Waals surface area contributed by atoms with Gasteiger partial charge in [0.2, 0.25) is 11.8 Å². The summed E-state index contributed by atoms with van der Waals surface area (Å²) in [5.41, 5.74) is 9.87. The largest absolute Gasteiger partial charge is 0.467 e. The molecule has 3 rings (SSSR count). The van der Waals surface area contributed by atoms with Crippen molar-refractivity contribution < 1.29 is 19.1 Å². The van der Waals surface area contributed by atoms with Crippen molar-refractivity contribution in [1.29, 1.82) is 0 Å². The molecule has 0 aliphatic heterocycles. The number of aryl methyl sites for hydroxylation is 2. The monoisotopic (exact) mass is 380 g/mol. The minimum Gasteiger partial charge on any atom is -0.467 e. The Balaban J connectivity index is 1.87. The minimum atomic E-state index is -1.08. The average Bonchev–Trinajstić information content (AvgIpc) is 2.84. The molecule has 146 valence electrons. The lowest BCUT2D eigenvalue weighted by atomic mass is 9.85. The number of hydrogen-bond donors (Lipinski definition) is 2. The van der Waals surface area contributed by atoms with E-state index in [0.29, 0.717) is 0 Å². The van der Waals surface area contributed by atoms with E-state index in [0.717, 1.165) is 24.0 Å². The van der Waals surface area contributed by atoms with Crippen molar-refractivity contribution in [1.82, 2.24) is 5.32 Å². The Hall–Kier alpha value is -3.15. The van der Waals surface area contributed by atoms with Crippen molar-refractivity contribution in [2.45, 2.75) is 37.6 Å². The van der Waals surface area contributed by atoms with E-state index in [1.54, 1.807) is 0 Å². The Morgan fingerprint density at radius 1 is 1.04 bits per heavy atom. The van der Waals surface area contributed by atoms with Crippen molar-refractivity contribution in [2.24, 2.45) is 5.73 Å². The third-order valence-electron chi connectivity index (χ3n) is 5.14. The van der Waals surface area contributed by atoms with Crippen LogP contribution in [-0.2, 0) is 32.0 Å². The number of ether oxygens (including phenoxy) is 1. The van der Waals surface area contributed by atoms with Crippen LogP contribution in [0.5, 0.6) is 0 Å². The second-order valence-corrected chi connectivity index (χ2v) is 6.97. The number of fused-ring (bicyclic) bond motifs is 2. The molecule has 3 N–H and O–H groups in total. The van der Waals surface area contributed by atoms with E-state index in [2.05, 4.69) is 34.3 Å². The zero-order chi connectivity index (χ0) is 20.1. The quantitative estimate of drug-likeness (QED) is 0.747. The molecule has 0 saturated carbocycles. The van der Waals surface area contributed by atoms with Gasteiger partial charge < -0.3 is 15.8 Å². The topological polar surface area (TPSA) is 98.5 Å². The van der Waals surface area contributed by atoms with Gasteiger partial charge in [0.15, 0.2) is 0 Å². The summed E-state index contributed by atoms with van der Waals surface area (Å²) in [6.45, 7) is 0. The molecule has 6 nitrogen and oxygen atoms in total. The fourth-order valence-corrected chi connectivity index (χ4v) is 3.84. The summed E-state index contributed by atoms with van der Waals surface area (Å²) in [5, 5.41) is 2.61. The number of hydrogen-bond acceptors (Lipinski definition) is 4. The summed E-state index contributed by atoms with van der Waals surface area (Å²) in [6, 6.07) is 15.2. The number of amides is 2. The number of esters is 1. The summed E-state index contributed by atoms with van der Waals surface area (Å²) in [6.07, 6.45) is 1.70. The molecule has 2 amide bonds. The molecule has 28 heavy (non-hydrogen) atoms. The van der Waals surface area contributed by atoms with E-state index in [4.69, 9.17) is 5.73 Å². The molecule has 2 aromatic carbocycles. The molecule has 1 aliphatic rings. The van der Waals surface area contributed by atoms with Gasteiger partial charge in [-0.2, -0.15) is 0 Å². The maximum Gasteiger partial charge on any atom is 0.328 e. The van der Waals surface area contributed by atoms with E-state index < -0.39 is 17.9 Å². The summed E-state index contributed by atoms with van der Waals surface area (Å²) < 4.78 is 4.68. The highest BCUT2D eigenvalue weighted by Gasteiger charge is 2.28. The molecule has 6 heteroatoms. The first-order chi connectivity index (χ1) is 13.5. The van der Waals surface area contributed by atoms with E-state index >= 15 is 0 Å². The molecule has 2 aromatic rings. The van der Waals surface area contributed by atoms with E-state index in [1.807, 2.05) is 24.3 Å². The molecular weight excluding hydrogens is 356 g/mol. The van der Waals surface area contributed by atoms with Gasteiger partial charge in [-0.25, -0.2) is 4.79 Å². The van der Waals surface area contributed by atoms with E-state index in [9.17, 15) is 14.4 Å². The Kier molecular flexibility index (Phi) is 6.09. The van der Waals surface area contributed by atoms with Gasteiger partial charge in [0.1, 0.15) is 6.04 Å². The molecule has 1 atom stereocenters. The van der Waals surface area contributed by atoms with Gasteiger partial charge in [-0.1, -0.05) is 48.5 Å². The first kappa shape index (κ1) is 19.6. The molecule has 0 bridgehead atoms. The maximum absolute atomic E-state index is 12.8. The van der Waals surface area contributed by atoms with Crippen LogP contribution in [0.4, 0.5) is 0 Å². The highest BCUT2D eigenvalue weighted by atomic mass is 16.5. The zero-order valence-electron chi connectivity index (χ0n) is 15.8. The van der Waals surface area contributed by atoms with Crippen molar-refractivity contribution in [3.05, 3.63) is 70.8 Å². The number of primary amides is 1. The van der Waals surface area contributed by atoms with Gasteiger partial charge >= 0.3 is 5.97 Å². The van der Waals surface area contributed by atoms with Gasteiger partial charge in [0.05, 0.1) is 13.5 Å². The van der Waals surface area contributed by atoms with Gasteiger partial charge in [-0.05, 0) is 35.1 Å². The Morgan fingerprint density at radius 3 is 2.07 bits per heavy atom. The van der Waals surface area contributed by atoms with Crippen LogP contribution in [0.1, 0.15) is 41.0 Å². The molecule has 0 radical (unpaired) electrons. The van der Waals surface area contributed by atoms with Crippen LogP contribution in [-0.4, -0.2) is 30.9 Å². The number of benzene rings is 2. The summed E-state index contributed by atoms with van der Waals surface area (Å²) >= 11 is 0. The number of carbonyl (C=O) groups is 3. The third-order valence-corrected chi connectivity index (χ3v) is 5.14. The molecular formula is C22H24N2O4. The predicted octanol–water partition coefficient (Wildman–Crippen LogP) is 1.84. The number of carbonyl (C=O) groups excluding carboxylic acids is 3. The molecule has 0 spiro atoms. The Bertz CT molecular complexity index is 846. The number of nitrogens with one attached hydrogen (secondary N) is 1. The smallest absolute Gasteiger partial charge is 0.328 e. The lowest BCUT2D eigenvalue weighted by Crippen LogP contribution is -2.44. The van der Waals surface area contributed by atoms with Gasteiger partial charge in [0.25, 0.3) is 0 Å². The Labute approximate surface area is 164 Å². The second kappa shape index (κ2) is 8.69. The third kappa shape index (κ3) is 4.39. The highest BCUT2D eigenvalue weighted by Crippen LogP contribution is 2.36. The fraction of sp³-hybridized carbons (Fsp3) is 0.318. The summed E-state index contributed by atoms with van der Waals surface area (Å²) in [7, 11) is 1.21. The van der Waals surface area contributed by atoms with Gasteiger partial charge in [-0.15, -0.1) is 0 Å². The first-order valence-corrected chi connectivity index (χ1v) is 9.30. The normalized spacial score (nSPS) is 14.2.